The smallest absolute Gasteiger partial charge is 0.253 e. The number of aromatic nitrogens is 2. The molecule has 4 aromatic rings. The summed E-state index contributed by atoms with van der Waals surface area (Å²) in [5.74, 6) is -0.127. The number of anilines is 2. The van der Waals surface area contributed by atoms with E-state index in [1.165, 1.54) is 4.90 Å². The summed E-state index contributed by atoms with van der Waals surface area (Å²) >= 11 is 6.23. The topological polar surface area (TPSA) is 81.2 Å². The van der Waals surface area contributed by atoms with E-state index in [4.69, 9.17) is 16.7 Å². The maximum absolute atomic E-state index is 12.3. The standard InChI is InChI=1S/C23H21ClN4O2/c1-28(12-13-29)23(30)16-8-6-15(7-9-16)22-18-11-10-17(14-21(18)26-27-22)25-20-5-3-2-4-19(20)24/h2-11,14,25,29H,12-13H2,1H3,(H,26,27). The maximum Gasteiger partial charge on any atom is 0.253 e. The molecular formula is C23H21ClN4O2. The van der Waals surface area contributed by atoms with Gasteiger partial charge in [0, 0.05) is 35.8 Å². The molecule has 0 unspecified atom stereocenters. The quantitative estimate of drug-likeness (QED) is 0.422. The molecule has 1 aromatic heterocycles. The molecule has 1 heterocycles. The molecule has 3 N–H and O–H groups in total. The van der Waals surface area contributed by atoms with Crippen LogP contribution in [-0.4, -0.2) is 46.3 Å². The lowest BCUT2D eigenvalue weighted by Crippen LogP contribution is -2.29. The van der Waals surface area contributed by atoms with Crippen molar-refractivity contribution in [2.75, 3.05) is 25.5 Å². The third kappa shape index (κ3) is 4.01. The van der Waals surface area contributed by atoms with Crippen molar-refractivity contribution in [2.45, 2.75) is 0 Å². The highest BCUT2D eigenvalue weighted by atomic mass is 35.5. The van der Waals surface area contributed by atoms with E-state index in [2.05, 4.69) is 15.5 Å². The van der Waals surface area contributed by atoms with E-state index in [1.807, 2.05) is 54.6 Å². The van der Waals surface area contributed by atoms with Gasteiger partial charge in [-0.1, -0.05) is 35.9 Å². The van der Waals surface area contributed by atoms with E-state index >= 15 is 0 Å². The van der Waals surface area contributed by atoms with Gasteiger partial charge in [0.1, 0.15) is 0 Å². The molecule has 0 saturated heterocycles. The van der Waals surface area contributed by atoms with Gasteiger partial charge in [0.15, 0.2) is 0 Å². The van der Waals surface area contributed by atoms with Gasteiger partial charge in [0.25, 0.3) is 5.91 Å². The van der Waals surface area contributed by atoms with Gasteiger partial charge in [-0.2, -0.15) is 5.10 Å². The number of rotatable bonds is 6. The average Bonchev–Trinajstić information content (AvgIpc) is 3.18. The van der Waals surface area contributed by atoms with Gasteiger partial charge in [-0.05, 0) is 42.5 Å². The average molecular weight is 421 g/mol. The second kappa shape index (κ2) is 8.57. The fourth-order valence-electron chi connectivity index (χ4n) is 3.28. The van der Waals surface area contributed by atoms with Crippen molar-refractivity contribution >= 4 is 39.8 Å². The number of carbonyl (C=O) groups excluding carboxylic acids is 1. The van der Waals surface area contributed by atoms with Crippen LogP contribution in [0.1, 0.15) is 10.4 Å². The highest BCUT2D eigenvalue weighted by Gasteiger charge is 2.13. The van der Waals surface area contributed by atoms with E-state index in [-0.39, 0.29) is 12.5 Å². The molecule has 0 saturated carbocycles. The Morgan fingerprint density at radius 2 is 1.90 bits per heavy atom. The van der Waals surface area contributed by atoms with Crippen LogP contribution in [0.15, 0.2) is 66.7 Å². The largest absolute Gasteiger partial charge is 0.395 e. The lowest BCUT2D eigenvalue weighted by molar-refractivity contribution is 0.0767. The van der Waals surface area contributed by atoms with Crippen LogP contribution in [0.2, 0.25) is 5.02 Å². The van der Waals surface area contributed by atoms with Crippen molar-refractivity contribution in [2.24, 2.45) is 0 Å². The van der Waals surface area contributed by atoms with E-state index in [9.17, 15) is 4.79 Å². The molecule has 0 radical (unpaired) electrons. The van der Waals surface area contributed by atoms with Crippen LogP contribution in [0, 0.1) is 0 Å². The number of likely N-dealkylation sites (N-methyl/N-ethyl adjacent to an activating group) is 1. The van der Waals surface area contributed by atoms with Crippen molar-refractivity contribution in [1.82, 2.24) is 15.1 Å². The Balaban J connectivity index is 1.58. The molecule has 6 nitrogen and oxygen atoms in total. The molecular weight excluding hydrogens is 400 g/mol. The Labute approximate surface area is 179 Å². The Bertz CT molecular complexity index is 1190. The first kappa shape index (κ1) is 19.9. The number of para-hydroxylation sites is 1. The molecule has 0 aliphatic heterocycles. The van der Waals surface area contributed by atoms with Crippen LogP contribution in [0.25, 0.3) is 22.2 Å². The van der Waals surface area contributed by atoms with E-state index in [0.29, 0.717) is 17.1 Å². The van der Waals surface area contributed by atoms with E-state index in [1.54, 1.807) is 19.2 Å². The van der Waals surface area contributed by atoms with Gasteiger partial charge < -0.3 is 15.3 Å². The first-order valence-corrected chi connectivity index (χ1v) is 9.91. The molecule has 152 valence electrons. The Morgan fingerprint density at radius 3 is 2.63 bits per heavy atom. The molecule has 30 heavy (non-hydrogen) atoms. The van der Waals surface area contributed by atoms with Crippen LogP contribution in [-0.2, 0) is 0 Å². The highest BCUT2D eigenvalue weighted by Crippen LogP contribution is 2.30. The number of hydrogen-bond acceptors (Lipinski definition) is 4. The molecule has 1 amide bonds. The van der Waals surface area contributed by atoms with E-state index in [0.717, 1.165) is 33.5 Å². The second-order valence-electron chi connectivity index (χ2n) is 6.97. The number of nitrogens with zero attached hydrogens (tertiary/aromatic N) is 2. The summed E-state index contributed by atoms with van der Waals surface area (Å²) in [5.41, 5.74) is 4.93. The van der Waals surface area contributed by atoms with Gasteiger partial charge in [-0.15, -0.1) is 0 Å². The van der Waals surface area contributed by atoms with Crippen molar-refractivity contribution in [1.29, 1.82) is 0 Å². The summed E-state index contributed by atoms with van der Waals surface area (Å²) in [6.45, 7) is 0.238. The van der Waals surface area contributed by atoms with Crippen LogP contribution >= 0.6 is 11.6 Å². The number of amides is 1. The fourth-order valence-corrected chi connectivity index (χ4v) is 3.46. The molecule has 3 aromatic carbocycles. The molecule has 0 bridgehead atoms. The summed E-state index contributed by atoms with van der Waals surface area (Å²) in [5, 5.41) is 21.5. The second-order valence-corrected chi connectivity index (χ2v) is 7.37. The first-order valence-electron chi connectivity index (χ1n) is 9.53. The number of aromatic amines is 1. The monoisotopic (exact) mass is 420 g/mol. The summed E-state index contributed by atoms with van der Waals surface area (Å²) in [6, 6.07) is 20.9. The van der Waals surface area contributed by atoms with E-state index < -0.39 is 0 Å². The summed E-state index contributed by atoms with van der Waals surface area (Å²) in [7, 11) is 1.67. The lowest BCUT2D eigenvalue weighted by Gasteiger charge is -2.15. The minimum absolute atomic E-state index is 0.0626. The molecule has 0 aliphatic rings. The number of fused-ring (bicyclic) bond motifs is 1. The highest BCUT2D eigenvalue weighted by molar-refractivity contribution is 6.33. The van der Waals surface area contributed by atoms with Gasteiger partial charge >= 0.3 is 0 Å². The summed E-state index contributed by atoms with van der Waals surface area (Å²) < 4.78 is 0. The SMILES string of the molecule is CN(CCO)C(=O)c1ccc(-c2n[nH]c3cc(Nc4ccccc4Cl)ccc23)cc1. The van der Waals surface area contributed by atoms with Crippen LogP contribution in [0.5, 0.6) is 0 Å². The predicted octanol–water partition coefficient (Wildman–Crippen LogP) is 4.69. The number of carbonyl (C=O) groups is 1. The van der Waals surface area contributed by atoms with Gasteiger partial charge in [-0.3, -0.25) is 9.89 Å². The predicted molar refractivity (Wildman–Crippen MR) is 120 cm³/mol. The Morgan fingerprint density at radius 1 is 1.13 bits per heavy atom. The molecule has 0 fully saturated rings. The number of hydrogen-bond donors (Lipinski definition) is 3. The first-order chi connectivity index (χ1) is 14.6. The molecule has 0 atom stereocenters. The van der Waals surface area contributed by atoms with Crippen LogP contribution in [0.3, 0.4) is 0 Å². The van der Waals surface area contributed by atoms with Crippen molar-refractivity contribution < 1.29 is 9.90 Å². The Hall–Kier alpha value is -3.35. The lowest BCUT2D eigenvalue weighted by atomic mass is 10.0. The summed E-state index contributed by atoms with van der Waals surface area (Å²) in [4.78, 5) is 13.8. The molecule has 0 spiro atoms. The van der Waals surface area contributed by atoms with Crippen molar-refractivity contribution in [3.63, 3.8) is 0 Å². The number of aliphatic hydroxyl groups is 1. The zero-order chi connectivity index (χ0) is 21.1. The van der Waals surface area contributed by atoms with Gasteiger partial charge in [-0.25, -0.2) is 0 Å². The third-order valence-electron chi connectivity index (χ3n) is 4.90. The zero-order valence-corrected chi connectivity index (χ0v) is 17.1. The number of halogens is 1. The van der Waals surface area contributed by atoms with Crippen molar-refractivity contribution in [3.05, 3.63) is 77.3 Å². The molecule has 4 rings (SSSR count). The Kier molecular flexibility index (Phi) is 5.70. The number of aliphatic hydroxyl groups excluding tert-OH is 1. The number of H-pyrrole nitrogens is 1. The molecule has 0 aliphatic carbocycles. The molecule has 7 heteroatoms. The number of benzene rings is 3. The zero-order valence-electron chi connectivity index (χ0n) is 16.4. The van der Waals surface area contributed by atoms with Crippen molar-refractivity contribution in [3.8, 4) is 11.3 Å². The third-order valence-corrected chi connectivity index (χ3v) is 5.23. The minimum Gasteiger partial charge on any atom is -0.395 e. The summed E-state index contributed by atoms with van der Waals surface area (Å²) in [6.07, 6.45) is 0. The fraction of sp³-hybridized carbons (Fsp3) is 0.130. The van der Waals surface area contributed by atoms with Gasteiger partial charge in [0.2, 0.25) is 0 Å². The maximum atomic E-state index is 12.3. The normalized spacial score (nSPS) is 10.9. The number of nitrogens with one attached hydrogen (secondary N) is 2. The van der Waals surface area contributed by atoms with Gasteiger partial charge in [0.05, 0.1) is 28.5 Å². The minimum atomic E-state index is -0.127. The van der Waals surface area contributed by atoms with Crippen LogP contribution < -0.4 is 5.32 Å². The van der Waals surface area contributed by atoms with Crippen LogP contribution in [0.4, 0.5) is 11.4 Å².